The first-order valence-electron chi connectivity index (χ1n) is 9.51. The highest BCUT2D eigenvalue weighted by atomic mass is 32.1. The SMILES string of the molecule is CCNC(=NCc1ccc(Oc2ccccc2OC)cc1)NCc1ncc(C)s1. The van der Waals surface area contributed by atoms with Gasteiger partial charge in [-0.2, -0.15) is 0 Å². The molecule has 0 radical (unpaired) electrons. The van der Waals surface area contributed by atoms with Crippen LogP contribution in [0.4, 0.5) is 0 Å². The molecule has 0 bridgehead atoms. The highest BCUT2D eigenvalue weighted by Crippen LogP contribution is 2.30. The van der Waals surface area contributed by atoms with Crippen molar-refractivity contribution in [1.29, 1.82) is 0 Å². The number of methoxy groups -OCH3 is 1. The number of thiazole rings is 1. The maximum Gasteiger partial charge on any atom is 0.191 e. The number of benzene rings is 2. The van der Waals surface area contributed by atoms with Crippen molar-refractivity contribution in [3.8, 4) is 17.2 Å². The van der Waals surface area contributed by atoms with Gasteiger partial charge < -0.3 is 20.1 Å². The van der Waals surface area contributed by atoms with E-state index < -0.39 is 0 Å². The Morgan fingerprint density at radius 1 is 1.07 bits per heavy atom. The van der Waals surface area contributed by atoms with Gasteiger partial charge in [0, 0.05) is 17.6 Å². The fourth-order valence-corrected chi connectivity index (χ4v) is 3.37. The number of aliphatic imine (C=N–C) groups is 1. The summed E-state index contributed by atoms with van der Waals surface area (Å²) in [6.45, 7) is 6.14. The van der Waals surface area contributed by atoms with Crippen LogP contribution in [-0.2, 0) is 13.1 Å². The Morgan fingerprint density at radius 3 is 2.48 bits per heavy atom. The summed E-state index contributed by atoms with van der Waals surface area (Å²) in [7, 11) is 1.63. The van der Waals surface area contributed by atoms with E-state index in [-0.39, 0.29) is 0 Å². The molecule has 3 aromatic rings. The summed E-state index contributed by atoms with van der Waals surface area (Å²) in [6.07, 6.45) is 1.89. The molecule has 0 atom stereocenters. The Labute approximate surface area is 175 Å². The van der Waals surface area contributed by atoms with Crippen molar-refractivity contribution in [3.63, 3.8) is 0 Å². The van der Waals surface area contributed by atoms with Crippen molar-refractivity contribution < 1.29 is 9.47 Å². The predicted molar refractivity (Wildman–Crippen MR) is 118 cm³/mol. The molecule has 29 heavy (non-hydrogen) atoms. The maximum absolute atomic E-state index is 5.92. The molecule has 2 N–H and O–H groups in total. The molecular weight excluding hydrogens is 384 g/mol. The highest BCUT2D eigenvalue weighted by Gasteiger charge is 2.05. The molecule has 0 spiro atoms. The molecule has 0 aliphatic carbocycles. The number of ether oxygens (including phenoxy) is 2. The topological polar surface area (TPSA) is 67.8 Å². The molecule has 0 fully saturated rings. The van der Waals surface area contributed by atoms with E-state index in [9.17, 15) is 0 Å². The number of nitrogens with one attached hydrogen (secondary N) is 2. The first kappa shape index (κ1) is 20.7. The summed E-state index contributed by atoms with van der Waals surface area (Å²) in [4.78, 5) is 10.2. The third kappa shape index (κ3) is 6.22. The zero-order valence-electron chi connectivity index (χ0n) is 16.9. The van der Waals surface area contributed by atoms with Crippen molar-refractivity contribution in [2.24, 2.45) is 4.99 Å². The van der Waals surface area contributed by atoms with Crippen molar-refractivity contribution in [1.82, 2.24) is 15.6 Å². The van der Waals surface area contributed by atoms with Crippen LogP contribution in [0.15, 0.2) is 59.7 Å². The van der Waals surface area contributed by atoms with Crippen LogP contribution in [0.5, 0.6) is 17.2 Å². The average molecular weight is 411 g/mol. The minimum Gasteiger partial charge on any atom is -0.493 e. The Morgan fingerprint density at radius 2 is 1.83 bits per heavy atom. The number of rotatable bonds is 8. The lowest BCUT2D eigenvalue weighted by Gasteiger charge is -2.11. The standard InChI is InChI=1S/C22H26N4O2S/c1-4-23-22(26-15-21-24-13-16(2)29-21)25-14-17-9-11-18(12-10-17)28-20-8-6-5-7-19(20)27-3/h5-13H,4,14-15H2,1-3H3,(H2,23,25,26). The van der Waals surface area contributed by atoms with Gasteiger partial charge in [-0.25, -0.2) is 9.98 Å². The summed E-state index contributed by atoms with van der Waals surface area (Å²) >= 11 is 1.69. The van der Waals surface area contributed by atoms with Gasteiger partial charge in [-0.1, -0.05) is 24.3 Å². The van der Waals surface area contributed by atoms with E-state index in [1.165, 1.54) is 4.88 Å². The summed E-state index contributed by atoms with van der Waals surface area (Å²) in [5.74, 6) is 2.93. The molecule has 0 saturated heterocycles. The molecule has 152 valence electrons. The number of hydrogen-bond donors (Lipinski definition) is 2. The smallest absolute Gasteiger partial charge is 0.191 e. The lowest BCUT2D eigenvalue weighted by molar-refractivity contribution is 0.379. The number of nitrogens with zero attached hydrogens (tertiary/aromatic N) is 2. The summed E-state index contributed by atoms with van der Waals surface area (Å²) in [5, 5.41) is 7.64. The molecule has 3 rings (SSSR count). The number of para-hydroxylation sites is 2. The number of aromatic nitrogens is 1. The lowest BCUT2D eigenvalue weighted by Crippen LogP contribution is -2.36. The second-order valence-electron chi connectivity index (χ2n) is 6.31. The molecule has 2 aromatic carbocycles. The van der Waals surface area contributed by atoms with E-state index in [0.29, 0.717) is 24.6 Å². The Kier molecular flexibility index (Phi) is 7.47. The quantitative estimate of drug-likeness (QED) is 0.422. The molecule has 1 aromatic heterocycles. The van der Waals surface area contributed by atoms with Gasteiger partial charge >= 0.3 is 0 Å². The van der Waals surface area contributed by atoms with Gasteiger partial charge in [0.05, 0.1) is 20.2 Å². The molecule has 0 amide bonds. The van der Waals surface area contributed by atoms with Crippen molar-refractivity contribution in [3.05, 3.63) is 70.2 Å². The van der Waals surface area contributed by atoms with Gasteiger partial charge in [0.25, 0.3) is 0 Å². The van der Waals surface area contributed by atoms with E-state index >= 15 is 0 Å². The van der Waals surface area contributed by atoms with Crippen LogP contribution in [-0.4, -0.2) is 24.6 Å². The zero-order chi connectivity index (χ0) is 20.5. The van der Waals surface area contributed by atoms with Crippen molar-refractivity contribution in [2.45, 2.75) is 26.9 Å². The van der Waals surface area contributed by atoms with Gasteiger partial charge in [-0.3, -0.25) is 0 Å². The Hall–Kier alpha value is -3.06. The third-order valence-electron chi connectivity index (χ3n) is 4.06. The van der Waals surface area contributed by atoms with Crippen LogP contribution in [0.1, 0.15) is 22.4 Å². The zero-order valence-corrected chi connectivity index (χ0v) is 17.8. The third-order valence-corrected chi connectivity index (χ3v) is 4.97. The van der Waals surface area contributed by atoms with Crippen LogP contribution >= 0.6 is 11.3 Å². The average Bonchev–Trinajstić information content (AvgIpc) is 3.16. The molecule has 0 unspecified atom stereocenters. The van der Waals surface area contributed by atoms with Crippen LogP contribution in [0.2, 0.25) is 0 Å². The van der Waals surface area contributed by atoms with Gasteiger partial charge in [0.2, 0.25) is 0 Å². The van der Waals surface area contributed by atoms with Gasteiger partial charge in [-0.05, 0) is 43.7 Å². The maximum atomic E-state index is 5.92. The highest BCUT2D eigenvalue weighted by molar-refractivity contribution is 7.11. The Balaban J connectivity index is 1.59. The fourth-order valence-electron chi connectivity index (χ4n) is 2.65. The van der Waals surface area contributed by atoms with Gasteiger partial charge in [0.1, 0.15) is 10.8 Å². The van der Waals surface area contributed by atoms with Crippen molar-refractivity contribution in [2.75, 3.05) is 13.7 Å². The normalized spacial score (nSPS) is 11.2. The molecule has 6 nitrogen and oxygen atoms in total. The van der Waals surface area contributed by atoms with Crippen LogP contribution < -0.4 is 20.1 Å². The molecule has 7 heteroatoms. The second-order valence-corrected chi connectivity index (χ2v) is 7.63. The number of guanidine groups is 1. The van der Waals surface area contributed by atoms with E-state index in [1.807, 2.05) is 54.7 Å². The van der Waals surface area contributed by atoms with Crippen LogP contribution in [0.25, 0.3) is 0 Å². The summed E-state index contributed by atoms with van der Waals surface area (Å²) in [5.41, 5.74) is 1.10. The molecule has 0 saturated carbocycles. The van der Waals surface area contributed by atoms with Crippen molar-refractivity contribution >= 4 is 17.3 Å². The molecule has 0 aliphatic rings. The summed E-state index contributed by atoms with van der Waals surface area (Å²) in [6, 6.07) is 15.5. The minimum absolute atomic E-state index is 0.571. The van der Waals surface area contributed by atoms with E-state index in [0.717, 1.165) is 28.8 Å². The van der Waals surface area contributed by atoms with E-state index in [1.54, 1.807) is 18.4 Å². The van der Waals surface area contributed by atoms with Crippen LogP contribution in [0, 0.1) is 6.92 Å². The lowest BCUT2D eigenvalue weighted by atomic mass is 10.2. The van der Waals surface area contributed by atoms with E-state index in [2.05, 4.69) is 34.5 Å². The van der Waals surface area contributed by atoms with Crippen LogP contribution in [0.3, 0.4) is 0 Å². The Bertz CT molecular complexity index is 938. The van der Waals surface area contributed by atoms with Gasteiger partial charge in [0.15, 0.2) is 17.5 Å². The second kappa shape index (κ2) is 10.5. The number of aryl methyl sites for hydroxylation is 1. The molecule has 0 aliphatic heterocycles. The largest absolute Gasteiger partial charge is 0.493 e. The van der Waals surface area contributed by atoms with Gasteiger partial charge in [-0.15, -0.1) is 11.3 Å². The van der Waals surface area contributed by atoms with E-state index in [4.69, 9.17) is 9.47 Å². The number of hydrogen-bond acceptors (Lipinski definition) is 5. The fraction of sp³-hybridized carbons (Fsp3) is 0.273. The molecular formula is C22H26N4O2S. The first-order valence-corrected chi connectivity index (χ1v) is 10.3. The first-order chi connectivity index (χ1) is 14.2. The summed E-state index contributed by atoms with van der Waals surface area (Å²) < 4.78 is 11.2. The molecule has 1 heterocycles. The minimum atomic E-state index is 0.571. The monoisotopic (exact) mass is 410 g/mol. The predicted octanol–water partition coefficient (Wildman–Crippen LogP) is 4.51.